The molecule has 0 bridgehead atoms. The number of hydrogen-bond acceptors (Lipinski definition) is 6. The topological polar surface area (TPSA) is 57.2 Å². The smallest absolute Gasteiger partial charge is 0.247 e. The van der Waals surface area contributed by atoms with E-state index in [4.69, 9.17) is 0 Å². The molecule has 0 aliphatic carbocycles. The molecule has 1 fully saturated rings. The Morgan fingerprint density at radius 1 is 0.846 bits per heavy atom. The van der Waals surface area contributed by atoms with Gasteiger partial charge in [-0.2, -0.15) is 10.1 Å². The van der Waals surface area contributed by atoms with Crippen LogP contribution in [0.1, 0.15) is 0 Å². The second kappa shape index (κ2) is 7.35. The first kappa shape index (κ1) is 16.3. The fourth-order valence-electron chi connectivity index (χ4n) is 3.01. The quantitative estimate of drug-likeness (QED) is 0.780. The first-order valence-corrected chi connectivity index (χ1v) is 8.56. The lowest BCUT2D eigenvalue weighted by Gasteiger charge is -2.36. The van der Waals surface area contributed by atoms with E-state index in [-0.39, 0.29) is 5.82 Å². The van der Waals surface area contributed by atoms with Gasteiger partial charge in [-0.15, -0.1) is 5.10 Å². The van der Waals surface area contributed by atoms with Gasteiger partial charge in [-0.1, -0.05) is 30.3 Å². The first-order valence-electron chi connectivity index (χ1n) is 8.56. The van der Waals surface area contributed by atoms with Crippen LogP contribution in [-0.4, -0.2) is 41.4 Å². The zero-order chi connectivity index (χ0) is 17.8. The molecule has 26 heavy (non-hydrogen) atoms. The van der Waals surface area contributed by atoms with Crippen molar-refractivity contribution in [2.75, 3.05) is 41.3 Å². The van der Waals surface area contributed by atoms with Crippen molar-refractivity contribution < 1.29 is 4.39 Å². The lowest BCUT2D eigenvalue weighted by molar-refractivity contribution is 0.592. The Balaban J connectivity index is 1.43. The molecular formula is C19H19FN6. The molecule has 1 aromatic heterocycles. The molecule has 4 rings (SSSR count). The summed E-state index contributed by atoms with van der Waals surface area (Å²) in [5, 5.41) is 11.4. The van der Waals surface area contributed by atoms with Crippen molar-refractivity contribution in [3.05, 3.63) is 66.6 Å². The SMILES string of the molecule is Fc1ccccc1N1CCN(c2nncc(Nc3ccccc3)n2)CC1. The van der Waals surface area contributed by atoms with Gasteiger partial charge in [0.05, 0.1) is 11.9 Å². The molecular weight excluding hydrogens is 331 g/mol. The molecule has 6 nitrogen and oxygen atoms in total. The second-order valence-corrected chi connectivity index (χ2v) is 6.06. The minimum atomic E-state index is -0.187. The fourth-order valence-corrected chi connectivity index (χ4v) is 3.01. The summed E-state index contributed by atoms with van der Waals surface area (Å²) in [7, 11) is 0. The Bertz CT molecular complexity index is 865. The maximum Gasteiger partial charge on any atom is 0.247 e. The second-order valence-electron chi connectivity index (χ2n) is 6.06. The molecule has 1 aliphatic rings. The van der Waals surface area contributed by atoms with E-state index >= 15 is 0 Å². The van der Waals surface area contributed by atoms with Gasteiger partial charge < -0.3 is 15.1 Å². The number of para-hydroxylation sites is 2. The maximum absolute atomic E-state index is 14.0. The van der Waals surface area contributed by atoms with Crippen molar-refractivity contribution >= 4 is 23.1 Å². The first-order chi connectivity index (χ1) is 12.8. The zero-order valence-corrected chi connectivity index (χ0v) is 14.2. The number of piperazine rings is 1. The van der Waals surface area contributed by atoms with E-state index in [1.54, 1.807) is 12.3 Å². The lowest BCUT2D eigenvalue weighted by Crippen LogP contribution is -2.47. The highest BCUT2D eigenvalue weighted by atomic mass is 19.1. The van der Waals surface area contributed by atoms with Crippen LogP contribution in [-0.2, 0) is 0 Å². The van der Waals surface area contributed by atoms with Crippen LogP contribution in [0.2, 0.25) is 0 Å². The van der Waals surface area contributed by atoms with E-state index in [2.05, 4.69) is 25.4 Å². The molecule has 2 heterocycles. The minimum absolute atomic E-state index is 0.187. The van der Waals surface area contributed by atoms with E-state index in [1.807, 2.05) is 47.4 Å². The van der Waals surface area contributed by atoms with Gasteiger partial charge in [-0.25, -0.2) is 4.39 Å². The van der Waals surface area contributed by atoms with Crippen molar-refractivity contribution in [3.8, 4) is 0 Å². The number of nitrogens with one attached hydrogen (secondary N) is 1. The molecule has 3 aromatic rings. The number of aromatic nitrogens is 3. The summed E-state index contributed by atoms with van der Waals surface area (Å²) < 4.78 is 14.0. The lowest BCUT2D eigenvalue weighted by atomic mass is 10.2. The molecule has 1 N–H and O–H groups in total. The summed E-state index contributed by atoms with van der Waals surface area (Å²) in [6.45, 7) is 2.84. The molecule has 2 aromatic carbocycles. The summed E-state index contributed by atoms with van der Waals surface area (Å²) in [6.07, 6.45) is 1.60. The Labute approximate surface area is 151 Å². The minimum Gasteiger partial charge on any atom is -0.366 e. The van der Waals surface area contributed by atoms with Crippen LogP contribution in [0.25, 0.3) is 0 Å². The molecule has 0 amide bonds. The van der Waals surface area contributed by atoms with Gasteiger partial charge in [0, 0.05) is 31.9 Å². The van der Waals surface area contributed by atoms with E-state index < -0.39 is 0 Å². The van der Waals surface area contributed by atoms with Crippen LogP contribution in [0.4, 0.5) is 27.5 Å². The number of benzene rings is 2. The predicted molar refractivity (Wildman–Crippen MR) is 100 cm³/mol. The zero-order valence-electron chi connectivity index (χ0n) is 14.2. The van der Waals surface area contributed by atoms with E-state index in [0.29, 0.717) is 43.6 Å². The van der Waals surface area contributed by atoms with Gasteiger partial charge in [0.25, 0.3) is 0 Å². The van der Waals surface area contributed by atoms with Crippen LogP contribution < -0.4 is 15.1 Å². The summed E-state index contributed by atoms with van der Waals surface area (Å²) in [5.41, 5.74) is 1.59. The van der Waals surface area contributed by atoms with Gasteiger partial charge in [-0.3, -0.25) is 0 Å². The van der Waals surface area contributed by atoms with Crippen LogP contribution in [0.15, 0.2) is 60.8 Å². The third kappa shape index (κ3) is 3.56. The van der Waals surface area contributed by atoms with Crippen LogP contribution >= 0.6 is 0 Å². The van der Waals surface area contributed by atoms with Gasteiger partial charge in [-0.05, 0) is 24.3 Å². The summed E-state index contributed by atoms with van der Waals surface area (Å²) in [6, 6.07) is 16.7. The molecule has 7 heteroatoms. The van der Waals surface area contributed by atoms with Crippen molar-refractivity contribution in [2.45, 2.75) is 0 Å². The molecule has 0 unspecified atom stereocenters. The molecule has 0 saturated carbocycles. The molecule has 0 atom stereocenters. The summed E-state index contributed by atoms with van der Waals surface area (Å²) >= 11 is 0. The molecule has 0 radical (unpaired) electrons. The van der Waals surface area contributed by atoms with Gasteiger partial charge >= 0.3 is 0 Å². The summed E-state index contributed by atoms with van der Waals surface area (Å²) in [4.78, 5) is 8.67. The third-order valence-corrected chi connectivity index (χ3v) is 4.35. The number of halogens is 1. The number of nitrogens with zero attached hydrogens (tertiary/aromatic N) is 5. The Hall–Kier alpha value is -3.22. The van der Waals surface area contributed by atoms with Gasteiger partial charge in [0.1, 0.15) is 5.82 Å². The maximum atomic E-state index is 14.0. The monoisotopic (exact) mass is 350 g/mol. The third-order valence-electron chi connectivity index (χ3n) is 4.35. The van der Waals surface area contributed by atoms with E-state index in [0.717, 1.165) is 5.69 Å². The number of anilines is 4. The van der Waals surface area contributed by atoms with E-state index in [9.17, 15) is 4.39 Å². The predicted octanol–water partition coefficient (Wildman–Crippen LogP) is 3.08. The van der Waals surface area contributed by atoms with Crippen molar-refractivity contribution in [1.82, 2.24) is 15.2 Å². The Morgan fingerprint density at radius 2 is 1.54 bits per heavy atom. The van der Waals surface area contributed by atoms with Crippen LogP contribution in [0, 0.1) is 5.82 Å². The largest absolute Gasteiger partial charge is 0.366 e. The fraction of sp³-hybridized carbons (Fsp3) is 0.211. The Kier molecular flexibility index (Phi) is 4.59. The highest BCUT2D eigenvalue weighted by Gasteiger charge is 2.21. The molecule has 132 valence electrons. The average molecular weight is 350 g/mol. The van der Waals surface area contributed by atoms with E-state index in [1.165, 1.54) is 6.07 Å². The average Bonchev–Trinajstić information content (AvgIpc) is 2.70. The standard InChI is InChI=1S/C19H19FN6/c20-16-8-4-5-9-17(16)25-10-12-26(13-11-25)19-23-18(14-21-24-19)22-15-6-2-1-3-7-15/h1-9,14H,10-13H2,(H,22,23,24). The van der Waals surface area contributed by atoms with Crippen molar-refractivity contribution in [2.24, 2.45) is 0 Å². The van der Waals surface area contributed by atoms with Crippen molar-refractivity contribution in [3.63, 3.8) is 0 Å². The van der Waals surface area contributed by atoms with Crippen LogP contribution in [0.5, 0.6) is 0 Å². The number of hydrogen-bond donors (Lipinski definition) is 1. The molecule has 0 spiro atoms. The van der Waals surface area contributed by atoms with Gasteiger partial charge in [0.2, 0.25) is 5.95 Å². The highest BCUT2D eigenvalue weighted by molar-refractivity contribution is 5.56. The highest BCUT2D eigenvalue weighted by Crippen LogP contribution is 2.22. The normalized spacial score (nSPS) is 14.3. The van der Waals surface area contributed by atoms with Crippen molar-refractivity contribution in [1.29, 1.82) is 0 Å². The number of rotatable bonds is 4. The summed E-state index contributed by atoms with van der Waals surface area (Å²) in [5.74, 6) is 1.05. The van der Waals surface area contributed by atoms with Gasteiger partial charge in [0.15, 0.2) is 5.82 Å². The molecule has 1 saturated heterocycles. The molecule has 1 aliphatic heterocycles. The van der Waals surface area contributed by atoms with Crippen LogP contribution in [0.3, 0.4) is 0 Å². The Morgan fingerprint density at radius 3 is 2.31 bits per heavy atom.